The van der Waals surface area contributed by atoms with Gasteiger partial charge in [0.15, 0.2) is 0 Å². The van der Waals surface area contributed by atoms with E-state index in [-0.39, 0.29) is 23.4 Å². The molecule has 0 aliphatic carbocycles. The van der Waals surface area contributed by atoms with Crippen LogP contribution in [0.15, 0.2) is 79.0 Å². The van der Waals surface area contributed by atoms with Gasteiger partial charge in [-0.25, -0.2) is 13.6 Å². The molecule has 1 amide bonds. The molecule has 0 saturated heterocycles. The molecule has 0 radical (unpaired) electrons. The first-order valence-electron chi connectivity index (χ1n) is 11.0. The number of aromatic carboxylic acids is 1. The van der Waals surface area contributed by atoms with Crippen molar-refractivity contribution in [2.24, 2.45) is 0 Å². The summed E-state index contributed by atoms with van der Waals surface area (Å²) < 4.78 is 34.6. The van der Waals surface area contributed by atoms with Crippen LogP contribution in [0.1, 0.15) is 37.5 Å². The highest BCUT2D eigenvalue weighted by Crippen LogP contribution is 2.25. The van der Waals surface area contributed by atoms with Crippen molar-refractivity contribution in [1.29, 1.82) is 0 Å². The fourth-order valence-electron chi connectivity index (χ4n) is 3.58. The van der Waals surface area contributed by atoms with Gasteiger partial charge in [0.2, 0.25) is 0 Å². The molecular weight excluding hydrogens is 466 g/mol. The van der Waals surface area contributed by atoms with Gasteiger partial charge in [0.1, 0.15) is 11.6 Å². The number of nitrogens with zero attached hydrogens (tertiary/aromatic N) is 1. The lowest BCUT2D eigenvalue weighted by molar-refractivity contribution is 0.0695. The number of ether oxygens (including phenoxy) is 1. The van der Waals surface area contributed by atoms with E-state index in [1.807, 2.05) is 30.3 Å². The number of anilines is 1. The van der Waals surface area contributed by atoms with Gasteiger partial charge >= 0.3 is 5.97 Å². The van der Waals surface area contributed by atoms with Crippen LogP contribution in [0, 0.1) is 18.6 Å². The van der Waals surface area contributed by atoms with Crippen molar-refractivity contribution in [1.82, 2.24) is 4.98 Å². The van der Waals surface area contributed by atoms with Crippen molar-refractivity contribution in [2.45, 2.75) is 20.1 Å². The summed E-state index contributed by atoms with van der Waals surface area (Å²) in [6.45, 7) is 1.95. The molecule has 0 spiro atoms. The fraction of sp³-hybridized carbons (Fsp3) is 0.107. The number of carboxylic acids is 1. The van der Waals surface area contributed by atoms with Gasteiger partial charge in [-0.05, 0) is 48.4 Å². The maximum atomic E-state index is 14.6. The number of aryl methyl sites for hydroxylation is 1. The molecule has 0 unspecified atom stereocenters. The molecule has 6 nitrogen and oxygen atoms in total. The van der Waals surface area contributed by atoms with E-state index in [1.165, 1.54) is 36.5 Å². The molecular formula is C28H22F2N2O4. The summed E-state index contributed by atoms with van der Waals surface area (Å²) in [7, 11) is 0. The standard InChI is InChI=1S/C28H22F2N2O4/c1-17-23(28(34)35)12-21(14-31-17)19-8-10-25(29)24(11-19)27(33)32-22-9-7-20(26(30)13-22)16-36-15-18-5-3-2-4-6-18/h2-14H,15-16H2,1H3,(H,32,33)(H,34,35). The van der Waals surface area contributed by atoms with Crippen LogP contribution in [0.4, 0.5) is 14.5 Å². The highest BCUT2D eigenvalue weighted by Gasteiger charge is 2.16. The van der Waals surface area contributed by atoms with Gasteiger partial charge < -0.3 is 15.2 Å². The summed E-state index contributed by atoms with van der Waals surface area (Å²) in [4.78, 5) is 28.2. The number of aromatic nitrogens is 1. The summed E-state index contributed by atoms with van der Waals surface area (Å²) >= 11 is 0. The average molecular weight is 488 g/mol. The number of hydrogen-bond donors (Lipinski definition) is 2. The Kier molecular flexibility index (Phi) is 7.46. The van der Waals surface area contributed by atoms with Gasteiger partial charge in [0.25, 0.3) is 5.91 Å². The second-order valence-corrected chi connectivity index (χ2v) is 8.10. The van der Waals surface area contributed by atoms with Crippen LogP contribution < -0.4 is 5.32 Å². The summed E-state index contributed by atoms with van der Waals surface area (Å²) in [6, 6.07) is 18.9. The number of carbonyl (C=O) groups is 2. The lowest BCUT2D eigenvalue weighted by Gasteiger charge is -2.11. The molecule has 0 aliphatic heterocycles. The van der Waals surface area contributed by atoms with E-state index in [1.54, 1.807) is 6.92 Å². The number of hydrogen-bond acceptors (Lipinski definition) is 4. The Morgan fingerprint density at radius 3 is 2.36 bits per heavy atom. The van der Waals surface area contributed by atoms with E-state index in [9.17, 15) is 23.5 Å². The SMILES string of the molecule is Cc1ncc(-c2ccc(F)c(C(=O)Nc3ccc(COCc4ccccc4)c(F)c3)c2)cc1C(=O)O. The quantitative estimate of drug-likeness (QED) is 0.318. The number of halogens is 2. The van der Waals surface area contributed by atoms with Crippen molar-refractivity contribution in [3.05, 3.63) is 119 Å². The third-order valence-corrected chi connectivity index (χ3v) is 5.54. The number of rotatable bonds is 8. The monoisotopic (exact) mass is 488 g/mol. The van der Waals surface area contributed by atoms with E-state index in [0.717, 1.165) is 17.7 Å². The van der Waals surface area contributed by atoms with Crippen LogP contribution >= 0.6 is 0 Å². The van der Waals surface area contributed by atoms with E-state index in [4.69, 9.17) is 4.74 Å². The molecule has 1 aromatic heterocycles. The van der Waals surface area contributed by atoms with Crippen LogP contribution in [-0.2, 0) is 18.0 Å². The second-order valence-electron chi connectivity index (χ2n) is 8.10. The highest BCUT2D eigenvalue weighted by molar-refractivity contribution is 6.05. The molecule has 1 heterocycles. The average Bonchev–Trinajstić information content (AvgIpc) is 2.86. The number of carbonyl (C=O) groups excluding carboxylic acids is 1. The topological polar surface area (TPSA) is 88.5 Å². The molecule has 4 rings (SSSR count). The van der Waals surface area contributed by atoms with E-state index in [2.05, 4.69) is 10.3 Å². The highest BCUT2D eigenvalue weighted by atomic mass is 19.1. The Labute approximate surface area is 206 Å². The minimum absolute atomic E-state index is 0.00568. The van der Waals surface area contributed by atoms with Crippen LogP contribution in [0.5, 0.6) is 0 Å². The summed E-state index contributed by atoms with van der Waals surface area (Å²) in [5.41, 5.74) is 2.32. The Balaban J connectivity index is 1.47. The van der Waals surface area contributed by atoms with Gasteiger partial charge in [-0.1, -0.05) is 42.5 Å². The van der Waals surface area contributed by atoms with Crippen LogP contribution in [0.3, 0.4) is 0 Å². The molecule has 36 heavy (non-hydrogen) atoms. The predicted molar refractivity (Wildman–Crippen MR) is 131 cm³/mol. The third kappa shape index (κ3) is 5.79. The van der Waals surface area contributed by atoms with Gasteiger partial charge in [-0.15, -0.1) is 0 Å². The Morgan fingerprint density at radius 2 is 1.64 bits per heavy atom. The lowest BCUT2D eigenvalue weighted by Crippen LogP contribution is -2.14. The Morgan fingerprint density at radius 1 is 0.889 bits per heavy atom. The largest absolute Gasteiger partial charge is 0.478 e. The molecule has 8 heteroatoms. The van der Waals surface area contributed by atoms with Crippen LogP contribution in [-0.4, -0.2) is 22.0 Å². The zero-order valence-electron chi connectivity index (χ0n) is 19.3. The van der Waals surface area contributed by atoms with E-state index >= 15 is 0 Å². The third-order valence-electron chi connectivity index (χ3n) is 5.54. The first kappa shape index (κ1) is 24.7. The van der Waals surface area contributed by atoms with Gasteiger partial charge in [-0.3, -0.25) is 9.78 Å². The first-order chi connectivity index (χ1) is 17.3. The molecule has 182 valence electrons. The van der Waals surface area contributed by atoms with Gasteiger partial charge in [0.05, 0.1) is 30.0 Å². The minimum Gasteiger partial charge on any atom is -0.478 e. The predicted octanol–water partition coefficient (Wildman–Crippen LogP) is 6.00. The van der Waals surface area contributed by atoms with Crippen molar-refractivity contribution >= 4 is 17.6 Å². The molecule has 0 aliphatic rings. The van der Waals surface area contributed by atoms with Crippen LogP contribution in [0.2, 0.25) is 0 Å². The number of amides is 1. The molecule has 4 aromatic rings. The summed E-state index contributed by atoms with van der Waals surface area (Å²) in [5, 5.41) is 11.8. The zero-order valence-corrected chi connectivity index (χ0v) is 19.3. The summed E-state index contributed by atoms with van der Waals surface area (Å²) in [6.07, 6.45) is 1.45. The Bertz CT molecular complexity index is 1420. The fourth-order valence-corrected chi connectivity index (χ4v) is 3.58. The first-order valence-corrected chi connectivity index (χ1v) is 11.0. The number of nitrogens with one attached hydrogen (secondary N) is 1. The van der Waals surface area contributed by atoms with E-state index in [0.29, 0.717) is 29.0 Å². The smallest absolute Gasteiger partial charge is 0.337 e. The normalized spacial score (nSPS) is 10.8. The number of benzene rings is 3. The lowest BCUT2D eigenvalue weighted by atomic mass is 10.0. The van der Waals surface area contributed by atoms with Crippen molar-refractivity contribution < 1.29 is 28.2 Å². The number of carboxylic acid groups (broad SMARTS) is 1. The van der Waals surface area contributed by atoms with Crippen molar-refractivity contribution in [3.8, 4) is 11.1 Å². The minimum atomic E-state index is -1.14. The van der Waals surface area contributed by atoms with Crippen molar-refractivity contribution in [3.63, 3.8) is 0 Å². The summed E-state index contributed by atoms with van der Waals surface area (Å²) in [5.74, 6) is -3.26. The number of pyridine rings is 1. The molecule has 2 N–H and O–H groups in total. The molecule has 0 fully saturated rings. The molecule has 0 saturated carbocycles. The maximum Gasteiger partial charge on any atom is 0.337 e. The van der Waals surface area contributed by atoms with E-state index < -0.39 is 23.5 Å². The van der Waals surface area contributed by atoms with Gasteiger partial charge in [-0.2, -0.15) is 0 Å². The second kappa shape index (κ2) is 10.9. The van der Waals surface area contributed by atoms with Crippen molar-refractivity contribution in [2.75, 3.05) is 5.32 Å². The maximum absolute atomic E-state index is 14.6. The zero-order chi connectivity index (χ0) is 25.7. The molecule has 0 atom stereocenters. The molecule has 0 bridgehead atoms. The Hall–Kier alpha value is -4.43. The molecule has 3 aromatic carbocycles. The van der Waals surface area contributed by atoms with Crippen LogP contribution in [0.25, 0.3) is 11.1 Å². The van der Waals surface area contributed by atoms with Gasteiger partial charge in [0, 0.05) is 23.0 Å².